The van der Waals surface area contributed by atoms with E-state index in [0.717, 1.165) is 18.4 Å². The molecule has 1 aliphatic rings. The van der Waals surface area contributed by atoms with E-state index in [0.29, 0.717) is 18.8 Å². The van der Waals surface area contributed by atoms with Crippen LogP contribution in [0.5, 0.6) is 0 Å². The molecule has 0 atom stereocenters. The summed E-state index contributed by atoms with van der Waals surface area (Å²) in [6.07, 6.45) is 1.56. The Morgan fingerprint density at radius 3 is 2.58 bits per heavy atom. The summed E-state index contributed by atoms with van der Waals surface area (Å²) in [5.41, 5.74) is 1.61. The summed E-state index contributed by atoms with van der Waals surface area (Å²) in [6, 6.07) is 7.24. The van der Waals surface area contributed by atoms with Crippen molar-refractivity contribution in [3.05, 3.63) is 35.4 Å². The lowest BCUT2D eigenvalue weighted by molar-refractivity contribution is -0.0462. The highest BCUT2D eigenvalue weighted by molar-refractivity contribution is 5.89. The fourth-order valence-corrected chi connectivity index (χ4v) is 1.89. The second-order valence-corrected chi connectivity index (χ2v) is 4.27. The third kappa shape index (κ3) is 4.31. The summed E-state index contributed by atoms with van der Waals surface area (Å²) < 4.78 is 15.6. The van der Waals surface area contributed by atoms with Crippen molar-refractivity contribution in [2.24, 2.45) is 0 Å². The number of rotatable bonds is 6. The van der Waals surface area contributed by atoms with Crippen LogP contribution in [0, 0.1) is 0 Å². The fourth-order valence-electron chi connectivity index (χ4n) is 1.89. The minimum atomic E-state index is -0.414. The third-order valence-electron chi connectivity index (χ3n) is 2.87. The minimum absolute atomic E-state index is 0.0247. The number of aliphatic hydroxyl groups excluding tert-OH is 1. The van der Waals surface area contributed by atoms with E-state index in [1.54, 1.807) is 12.1 Å². The van der Waals surface area contributed by atoms with Crippen molar-refractivity contribution in [1.29, 1.82) is 0 Å². The summed E-state index contributed by atoms with van der Waals surface area (Å²) in [4.78, 5) is 11.5. The van der Waals surface area contributed by atoms with Crippen LogP contribution >= 0.6 is 0 Å². The molecule has 1 aromatic rings. The molecule has 0 unspecified atom stereocenters. The zero-order chi connectivity index (χ0) is 13.5. The number of aryl methyl sites for hydroxylation is 1. The molecule has 104 valence electrons. The third-order valence-corrected chi connectivity index (χ3v) is 2.87. The van der Waals surface area contributed by atoms with Gasteiger partial charge in [-0.05, 0) is 24.1 Å². The smallest absolute Gasteiger partial charge is 0.338 e. The maximum Gasteiger partial charge on any atom is 0.338 e. The summed E-state index contributed by atoms with van der Waals surface area (Å²) >= 11 is 0. The number of carbonyl (C=O) groups is 1. The predicted molar refractivity (Wildman–Crippen MR) is 67.8 cm³/mol. The van der Waals surface area contributed by atoms with Crippen molar-refractivity contribution in [3.63, 3.8) is 0 Å². The van der Waals surface area contributed by atoms with Gasteiger partial charge in [0, 0.05) is 6.42 Å². The van der Waals surface area contributed by atoms with Crippen LogP contribution in [0.2, 0.25) is 0 Å². The highest BCUT2D eigenvalue weighted by atomic mass is 16.7. The van der Waals surface area contributed by atoms with Crippen LogP contribution in [0.3, 0.4) is 0 Å². The van der Waals surface area contributed by atoms with Crippen molar-refractivity contribution in [2.45, 2.75) is 19.1 Å². The first kappa shape index (κ1) is 14.0. The quantitative estimate of drug-likeness (QED) is 0.782. The molecule has 19 heavy (non-hydrogen) atoms. The molecule has 0 radical (unpaired) electrons. The topological polar surface area (TPSA) is 65.0 Å². The monoisotopic (exact) mass is 266 g/mol. The Bertz CT molecular complexity index is 395. The SMILES string of the molecule is O=C(OCCO)c1ccc(CCC2OCCO2)cc1. The van der Waals surface area contributed by atoms with Gasteiger partial charge in [0.25, 0.3) is 0 Å². The molecule has 0 amide bonds. The molecule has 0 aromatic heterocycles. The molecule has 0 aliphatic carbocycles. The number of aliphatic hydroxyl groups is 1. The molecule has 1 fully saturated rings. The van der Waals surface area contributed by atoms with E-state index in [1.165, 1.54) is 0 Å². The fraction of sp³-hybridized carbons (Fsp3) is 0.500. The maximum atomic E-state index is 11.5. The number of benzene rings is 1. The standard InChI is InChI=1S/C14H18O5/c15-7-8-19-14(16)12-4-1-11(2-5-12)3-6-13-17-9-10-18-13/h1-2,4-5,13,15H,3,6-10H2. The van der Waals surface area contributed by atoms with Crippen molar-refractivity contribution in [2.75, 3.05) is 26.4 Å². The molecule has 0 spiro atoms. The lowest BCUT2D eigenvalue weighted by Crippen LogP contribution is -2.10. The van der Waals surface area contributed by atoms with Gasteiger partial charge in [-0.1, -0.05) is 12.1 Å². The van der Waals surface area contributed by atoms with Gasteiger partial charge in [-0.2, -0.15) is 0 Å². The van der Waals surface area contributed by atoms with Gasteiger partial charge in [0.2, 0.25) is 0 Å². The molecular weight excluding hydrogens is 248 g/mol. The van der Waals surface area contributed by atoms with E-state index in [4.69, 9.17) is 19.3 Å². The van der Waals surface area contributed by atoms with E-state index in [2.05, 4.69) is 0 Å². The average Bonchev–Trinajstić information content (AvgIpc) is 2.96. The van der Waals surface area contributed by atoms with Crippen LogP contribution < -0.4 is 0 Å². The Morgan fingerprint density at radius 1 is 1.26 bits per heavy atom. The summed E-state index contributed by atoms with van der Waals surface area (Å²) in [7, 11) is 0. The predicted octanol–water partition coefficient (Wildman–Crippen LogP) is 1.14. The Hall–Kier alpha value is -1.43. The number of carbonyl (C=O) groups excluding carboxylic acids is 1. The molecule has 5 heteroatoms. The van der Waals surface area contributed by atoms with Crippen LogP contribution in [0.1, 0.15) is 22.3 Å². The number of hydrogen-bond donors (Lipinski definition) is 1. The molecule has 1 N–H and O–H groups in total. The molecule has 1 saturated heterocycles. The van der Waals surface area contributed by atoms with Crippen molar-refractivity contribution < 1.29 is 24.1 Å². The Morgan fingerprint density at radius 2 is 1.95 bits per heavy atom. The zero-order valence-electron chi connectivity index (χ0n) is 10.7. The van der Waals surface area contributed by atoms with Gasteiger partial charge in [-0.15, -0.1) is 0 Å². The Labute approximate surface area is 112 Å². The van der Waals surface area contributed by atoms with Crippen molar-refractivity contribution in [3.8, 4) is 0 Å². The van der Waals surface area contributed by atoms with Crippen LogP contribution in [-0.2, 0) is 20.6 Å². The van der Waals surface area contributed by atoms with E-state index >= 15 is 0 Å². The molecular formula is C14H18O5. The van der Waals surface area contributed by atoms with E-state index in [-0.39, 0.29) is 19.5 Å². The lowest BCUT2D eigenvalue weighted by Gasteiger charge is -2.09. The summed E-state index contributed by atoms with van der Waals surface area (Å²) in [5.74, 6) is -0.414. The molecule has 0 saturated carbocycles. The van der Waals surface area contributed by atoms with E-state index in [9.17, 15) is 4.79 Å². The molecule has 1 heterocycles. The second-order valence-electron chi connectivity index (χ2n) is 4.27. The highest BCUT2D eigenvalue weighted by Crippen LogP contribution is 2.13. The van der Waals surface area contributed by atoms with Crippen LogP contribution in [0.4, 0.5) is 0 Å². The van der Waals surface area contributed by atoms with Crippen molar-refractivity contribution in [1.82, 2.24) is 0 Å². The molecule has 1 aliphatic heterocycles. The van der Waals surface area contributed by atoms with Gasteiger partial charge in [-0.25, -0.2) is 4.79 Å². The summed E-state index contributed by atoms with van der Waals surface area (Å²) in [5, 5.41) is 8.58. The Balaban J connectivity index is 1.81. The van der Waals surface area contributed by atoms with E-state index in [1.807, 2.05) is 12.1 Å². The minimum Gasteiger partial charge on any atom is -0.460 e. The van der Waals surface area contributed by atoms with Crippen LogP contribution in [0.15, 0.2) is 24.3 Å². The van der Waals surface area contributed by atoms with Crippen LogP contribution in [-0.4, -0.2) is 43.8 Å². The molecule has 1 aromatic carbocycles. The zero-order valence-corrected chi connectivity index (χ0v) is 10.7. The van der Waals surface area contributed by atoms with Gasteiger partial charge in [-0.3, -0.25) is 0 Å². The first-order valence-electron chi connectivity index (χ1n) is 6.40. The number of ether oxygens (including phenoxy) is 3. The Kier molecular flexibility index (Phi) is 5.32. The first-order chi connectivity index (χ1) is 9.29. The van der Waals surface area contributed by atoms with Gasteiger partial charge in [0.1, 0.15) is 6.61 Å². The summed E-state index contributed by atoms with van der Waals surface area (Å²) in [6.45, 7) is 1.20. The van der Waals surface area contributed by atoms with Gasteiger partial charge in [0.15, 0.2) is 6.29 Å². The first-order valence-corrected chi connectivity index (χ1v) is 6.40. The van der Waals surface area contributed by atoms with Crippen LogP contribution in [0.25, 0.3) is 0 Å². The molecule has 0 bridgehead atoms. The number of esters is 1. The van der Waals surface area contributed by atoms with Crippen molar-refractivity contribution >= 4 is 5.97 Å². The van der Waals surface area contributed by atoms with E-state index < -0.39 is 5.97 Å². The second kappa shape index (κ2) is 7.23. The van der Waals surface area contributed by atoms with Gasteiger partial charge in [0.05, 0.1) is 25.4 Å². The lowest BCUT2D eigenvalue weighted by atomic mass is 10.1. The molecule has 2 rings (SSSR count). The van der Waals surface area contributed by atoms with Gasteiger partial charge >= 0.3 is 5.97 Å². The maximum absolute atomic E-state index is 11.5. The normalized spacial score (nSPS) is 15.6. The highest BCUT2D eigenvalue weighted by Gasteiger charge is 2.15. The largest absolute Gasteiger partial charge is 0.460 e. The number of hydrogen-bond acceptors (Lipinski definition) is 5. The average molecular weight is 266 g/mol. The molecule has 5 nitrogen and oxygen atoms in total. The van der Waals surface area contributed by atoms with Gasteiger partial charge < -0.3 is 19.3 Å².